The Morgan fingerprint density at radius 2 is 2.09 bits per heavy atom. The van der Waals surface area contributed by atoms with Gasteiger partial charge in [0.05, 0.1) is 16.5 Å². The largest absolute Gasteiger partial charge is 0.331 e. The summed E-state index contributed by atoms with van der Waals surface area (Å²) in [6, 6.07) is 5.51. The lowest BCUT2D eigenvalue weighted by molar-refractivity contribution is -0.384. The Labute approximate surface area is 134 Å². The van der Waals surface area contributed by atoms with Gasteiger partial charge in [-0.2, -0.15) is 5.26 Å². The highest BCUT2D eigenvalue weighted by atomic mass is 35.5. The first-order chi connectivity index (χ1) is 10.9. The molecule has 0 atom stereocenters. The average molecular weight is 335 g/mol. The van der Waals surface area contributed by atoms with Crippen LogP contribution in [0.5, 0.6) is 0 Å². The highest BCUT2D eigenvalue weighted by Crippen LogP contribution is 2.22. The van der Waals surface area contributed by atoms with Crippen LogP contribution in [-0.4, -0.2) is 14.1 Å². The number of non-ortho nitro benzene ring substituents is 1. The maximum Gasteiger partial charge on any atom is 0.331 e. The third-order valence-corrected chi connectivity index (χ3v) is 3.63. The number of hydrogen-bond donors (Lipinski definition) is 0. The standard InChI is InChI=1S/C14H11ClN4O4/c1-2-17-7-10(6-16)13(20)18(14(17)21)8-9-3-4-11(19(22)23)5-12(9)15/h3-5,7H,2,8H2,1H3. The number of nitriles is 1. The van der Waals surface area contributed by atoms with Gasteiger partial charge in [-0.25, -0.2) is 4.79 Å². The van der Waals surface area contributed by atoms with Gasteiger partial charge in [0, 0.05) is 24.9 Å². The number of halogens is 1. The van der Waals surface area contributed by atoms with Gasteiger partial charge in [-0.1, -0.05) is 11.6 Å². The van der Waals surface area contributed by atoms with Gasteiger partial charge in [-0.15, -0.1) is 0 Å². The summed E-state index contributed by atoms with van der Waals surface area (Å²) in [5.74, 6) is 0. The van der Waals surface area contributed by atoms with Gasteiger partial charge < -0.3 is 0 Å². The molecule has 0 amide bonds. The number of rotatable bonds is 4. The fourth-order valence-corrected chi connectivity index (χ4v) is 2.28. The third-order valence-electron chi connectivity index (χ3n) is 3.27. The summed E-state index contributed by atoms with van der Waals surface area (Å²) in [5.41, 5.74) is -1.29. The van der Waals surface area contributed by atoms with Crippen LogP contribution in [0.2, 0.25) is 5.02 Å². The van der Waals surface area contributed by atoms with E-state index in [-0.39, 0.29) is 22.8 Å². The minimum absolute atomic E-state index is 0.0657. The van der Waals surface area contributed by atoms with E-state index in [1.165, 1.54) is 22.9 Å². The number of aryl methyl sites for hydroxylation is 1. The Hall–Kier alpha value is -2.92. The summed E-state index contributed by atoms with van der Waals surface area (Å²) in [7, 11) is 0. The van der Waals surface area contributed by atoms with Crippen LogP contribution in [-0.2, 0) is 13.1 Å². The van der Waals surface area contributed by atoms with Gasteiger partial charge in [0.1, 0.15) is 11.6 Å². The molecule has 0 N–H and O–H groups in total. The fourth-order valence-electron chi connectivity index (χ4n) is 2.04. The Bertz CT molecular complexity index is 939. The van der Waals surface area contributed by atoms with E-state index in [1.807, 2.05) is 0 Å². The molecule has 118 valence electrons. The van der Waals surface area contributed by atoms with Crippen LogP contribution in [0, 0.1) is 21.4 Å². The predicted molar refractivity (Wildman–Crippen MR) is 82.6 cm³/mol. The van der Waals surface area contributed by atoms with E-state index in [9.17, 15) is 19.7 Å². The molecule has 8 nitrogen and oxygen atoms in total. The molecule has 23 heavy (non-hydrogen) atoms. The van der Waals surface area contributed by atoms with Crippen molar-refractivity contribution in [2.24, 2.45) is 0 Å². The Morgan fingerprint density at radius 3 is 2.61 bits per heavy atom. The molecular weight excluding hydrogens is 324 g/mol. The van der Waals surface area contributed by atoms with Crippen molar-refractivity contribution in [3.05, 3.63) is 71.5 Å². The smallest absolute Gasteiger partial charge is 0.299 e. The van der Waals surface area contributed by atoms with Crippen LogP contribution in [0.1, 0.15) is 18.1 Å². The molecule has 2 rings (SSSR count). The maximum atomic E-state index is 12.2. The lowest BCUT2D eigenvalue weighted by Gasteiger charge is -2.10. The zero-order chi connectivity index (χ0) is 17.1. The topological polar surface area (TPSA) is 111 Å². The second-order valence-corrected chi connectivity index (χ2v) is 5.05. The molecule has 0 unspecified atom stereocenters. The molecule has 0 aliphatic heterocycles. The molecule has 1 heterocycles. The zero-order valence-electron chi connectivity index (χ0n) is 12.0. The van der Waals surface area contributed by atoms with E-state index >= 15 is 0 Å². The molecule has 1 aromatic carbocycles. The molecule has 0 spiro atoms. The molecule has 0 fully saturated rings. The molecule has 2 aromatic rings. The first kappa shape index (κ1) is 16.5. The summed E-state index contributed by atoms with van der Waals surface area (Å²) >= 11 is 5.98. The van der Waals surface area contributed by atoms with Crippen LogP contribution in [0.15, 0.2) is 34.0 Å². The van der Waals surface area contributed by atoms with E-state index < -0.39 is 16.2 Å². The molecular formula is C14H11ClN4O4. The van der Waals surface area contributed by atoms with Crippen molar-refractivity contribution in [2.45, 2.75) is 20.0 Å². The van der Waals surface area contributed by atoms with E-state index in [0.29, 0.717) is 12.1 Å². The second kappa shape index (κ2) is 6.46. The van der Waals surface area contributed by atoms with Gasteiger partial charge in [0.25, 0.3) is 11.2 Å². The Morgan fingerprint density at radius 1 is 1.39 bits per heavy atom. The van der Waals surface area contributed by atoms with Gasteiger partial charge in [0.15, 0.2) is 0 Å². The number of nitro groups is 1. The van der Waals surface area contributed by atoms with E-state index in [2.05, 4.69) is 0 Å². The van der Waals surface area contributed by atoms with Gasteiger partial charge in [0.2, 0.25) is 0 Å². The normalized spacial score (nSPS) is 10.3. The molecule has 0 radical (unpaired) electrons. The van der Waals surface area contributed by atoms with Gasteiger partial charge in [-0.05, 0) is 18.6 Å². The Kier molecular flexibility index (Phi) is 4.62. The summed E-state index contributed by atoms with van der Waals surface area (Å²) < 4.78 is 2.12. The van der Waals surface area contributed by atoms with Crippen LogP contribution >= 0.6 is 11.6 Å². The highest BCUT2D eigenvalue weighted by Gasteiger charge is 2.14. The molecule has 0 aliphatic rings. The van der Waals surface area contributed by atoms with Crippen molar-refractivity contribution in [1.29, 1.82) is 5.26 Å². The average Bonchev–Trinajstić information content (AvgIpc) is 2.52. The highest BCUT2D eigenvalue weighted by molar-refractivity contribution is 6.31. The first-order valence-electron chi connectivity index (χ1n) is 6.56. The van der Waals surface area contributed by atoms with E-state index in [0.717, 1.165) is 10.6 Å². The molecule has 0 saturated carbocycles. The summed E-state index contributed by atoms with van der Waals surface area (Å²) in [5, 5.41) is 19.8. The number of benzene rings is 1. The molecule has 9 heteroatoms. The van der Waals surface area contributed by atoms with Crippen molar-refractivity contribution in [3.8, 4) is 6.07 Å². The molecule has 1 aromatic heterocycles. The first-order valence-corrected chi connectivity index (χ1v) is 6.94. The molecule has 0 aliphatic carbocycles. The van der Waals surface area contributed by atoms with Crippen LogP contribution < -0.4 is 11.2 Å². The predicted octanol–water partition coefficient (Wildman–Crippen LogP) is 1.51. The lowest BCUT2D eigenvalue weighted by atomic mass is 10.2. The second-order valence-electron chi connectivity index (χ2n) is 4.65. The lowest BCUT2D eigenvalue weighted by Crippen LogP contribution is -2.41. The molecule has 0 bridgehead atoms. The van der Waals surface area contributed by atoms with Crippen LogP contribution in [0.3, 0.4) is 0 Å². The van der Waals surface area contributed by atoms with Crippen molar-refractivity contribution >= 4 is 17.3 Å². The zero-order valence-corrected chi connectivity index (χ0v) is 12.8. The fraction of sp³-hybridized carbons (Fsp3) is 0.214. The minimum atomic E-state index is -0.725. The SMILES string of the molecule is CCn1cc(C#N)c(=O)n(Cc2ccc([N+](=O)[O-])cc2Cl)c1=O. The van der Waals surface area contributed by atoms with Crippen LogP contribution in [0.4, 0.5) is 5.69 Å². The van der Waals surface area contributed by atoms with Gasteiger partial charge in [-0.3, -0.25) is 24.0 Å². The number of hydrogen-bond acceptors (Lipinski definition) is 5. The third kappa shape index (κ3) is 3.14. The van der Waals surface area contributed by atoms with E-state index in [4.69, 9.17) is 16.9 Å². The summed E-state index contributed by atoms with van der Waals surface area (Å²) in [6.45, 7) is 1.82. The summed E-state index contributed by atoms with van der Waals surface area (Å²) in [4.78, 5) is 34.5. The monoisotopic (exact) mass is 334 g/mol. The van der Waals surface area contributed by atoms with Crippen molar-refractivity contribution < 1.29 is 4.92 Å². The van der Waals surface area contributed by atoms with Crippen molar-refractivity contribution in [3.63, 3.8) is 0 Å². The van der Waals surface area contributed by atoms with E-state index in [1.54, 1.807) is 13.0 Å². The minimum Gasteiger partial charge on any atom is -0.299 e. The van der Waals surface area contributed by atoms with Crippen molar-refractivity contribution in [1.82, 2.24) is 9.13 Å². The van der Waals surface area contributed by atoms with Crippen LogP contribution in [0.25, 0.3) is 0 Å². The number of nitro benzene ring substituents is 1. The summed E-state index contributed by atoms with van der Waals surface area (Å²) in [6.07, 6.45) is 1.21. The van der Waals surface area contributed by atoms with Gasteiger partial charge >= 0.3 is 5.69 Å². The molecule has 0 saturated heterocycles. The quantitative estimate of drug-likeness (QED) is 0.621. The number of aromatic nitrogens is 2. The van der Waals surface area contributed by atoms with Crippen molar-refractivity contribution in [2.75, 3.05) is 0 Å². The number of nitrogens with zero attached hydrogens (tertiary/aromatic N) is 4. The maximum absolute atomic E-state index is 12.2. The Balaban J connectivity index is 2.57.